The standard InChI is InChI=1S/C16H7Cl4NOS2/c17-10-3-1-8(5-12(10)19)6-14-15(22)21(16(23)24-14)9-2-4-11(18)13(20)7-9/h1-7H/b14-6-. The highest BCUT2D eigenvalue weighted by Crippen LogP contribution is 2.38. The Kier molecular flexibility index (Phi) is 5.45. The van der Waals surface area contributed by atoms with Crippen LogP contribution in [0.2, 0.25) is 20.1 Å². The molecule has 0 atom stereocenters. The maximum Gasteiger partial charge on any atom is 0.270 e. The first kappa shape index (κ1) is 18.1. The Labute approximate surface area is 168 Å². The molecule has 2 aromatic rings. The molecule has 0 saturated carbocycles. The second-order valence-electron chi connectivity index (χ2n) is 4.79. The van der Waals surface area contributed by atoms with E-state index in [2.05, 4.69) is 0 Å². The fourth-order valence-electron chi connectivity index (χ4n) is 2.07. The maximum absolute atomic E-state index is 12.7. The average Bonchev–Trinajstić information content (AvgIpc) is 2.80. The third-order valence-electron chi connectivity index (χ3n) is 3.20. The molecular formula is C16H7Cl4NOS2. The highest BCUT2D eigenvalue weighted by atomic mass is 35.5. The summed E-state index contributed by atoms with van der Waals surface area (Å²) >= 11 is 30.4. The number of carbonyl (C=O) groups excluding carboxylic acids is 1. The molecule has 0 spiro atoms. The highest BCUT2D eigenvalue weighted by Gasteiger charge is 2.33. The number of thioether (sulfide) groups is 1. The number of hydrogen-bond donors (Lipinski definition) is 0. The Morgan fingerprint density at radius 1 is 0.917 bits per heavy atom. The molecule has 8 heteroatoms. The van der Waals surface area contributed by atoms with Crippen LogP contribution in [0.4, 0.5) is 5.69 Å². The van der Waals surface area contributed by atoms with Crippen molar-refractivity contribution in [1.29, 1.82) is 0 Å². The van der Waals surface area contributed by atoms with Gasteiger partial charge in [0.25, 0.3) is 5.91 Å². The van der Waals surface area contributed by atoms with E-state index < -0.39 is 0 Å². The number of rotatable bonds is 2. The number of benzene rings is 2. The predicted octanol–water partition coefficient (Wildman–Crippen LogP) is 6.71. The van der Waals surface area contributed by atoms with E-state index in [0.717, 1.165) is 5.56 Å². The van der Waals surface area contributed by atoms with Gasteiger partial charge in [0.15, 0.2) is 4.32 Å². The van der Waals surface area contributed by atoms with E-state index in [1.807, 2.05) is 0 Å². The number of carbonyl (C=O) groups is 1. The Balaban J connectivity index is 1.94. The topological polar surface area (TPSA) is 20.3 Å². The van der Waals surface area contributed by atoms with Gasteiger partial charge in [-0.2, -0.15) is 0 Å². The summed E-state index contributed by atoms with van der Waals surface area (Å²) in [5.74, 6) is -0.227. The van der Waals surface area contributed by atoms with Crippen LogP contribution in [0.5, 0.6) is 0 Å². The molecular weight excluding hydrogens is 428 g/mol. The van der Waals surface area contributed by atoms with Crippen molar-refractivity contribution >= 4 is 92.4 Å². The van der Waals surface area contributed by atoms with Gasteiger partial charge in [0.05, 0.1) is 30.7 Å². The lowest BCUT2D eigenvalue weighted by molar-refractivity contribution is -0.113. The number of nitrogens with zero attached hydrogens (tertiary/aromatic N) is 1. The van der Waals surface area contributed by atoms with Crippen LogP contribution in [0.25, 0.3) is 6.08 Å². The smallest absolute Gasteiger partial charge is 0.268 e. The number of thiocarbonyl (C=S) groups is 1. The molecule has 3 rings (SSSR count). The van der Waals surface area contributed by atoms with Crippen molar-refractivity contribution in [2.75, 3.05) is 4.90 Å². The summed E-state index contributed by atoms with van der Waals surface area (Å²) < 4.78 is 0.421. The van der Waals surface area contributed by atoms with E-state index in [-0.39, 0.29) is 5.91 Å². The molecule has 1 fully saturated rings. The van der Waals surface area contributed by atoms with Gasteiger partial charge in [-0.25, -0.2) is 0 Å². The summed E-state index contributed by atoms with van der Waals surface area (Å²) in [7, 11) is 0. The van der Waals surface area contributed by atoms with Crippen LogP contribution in [-0.2, 0) is 4.79 Å². The van der Waals surface area contributed by atoms with Gasteiger partial charge in [-0.05, 0) is 42.0 Å². The Hall–Kier alpha value is -0.750. The molecule has 0 aromatic heterocycles. The van der Waals surface area contributed by atoms with Gasteiger partial charge in [0, 0.05) is 0 Å². The number of hydrogen-bond acceptors (Lipinski definition) is 3. The Morgan fingerprint density at radius 3 is 2.17 bits per heavy atom. The molecule has 0 N–H and O–H groups in total. The van der Waals surface area contributed by atoms with Crippen molar-refractivity contribution < 1.29 is 4.79 Å². The minimum atomic E-state index is -0.227. The minimum absolute atomic E-state index is 0.227. The summed E-state index contributed by atoms with van der Waals surface area (Å²) in [5, 5.41) is 1.65. The third-order valence-corrected chi connectivity index (χ3v) is 5.98. The SMILES string of the molecule is O=C1/C(=C/c2ccc(Cl)c(Cl)c2)SC(=S)N1c1ccc(Cl)c(Cl)c1. The van der Waals surface area contributed by atoms with Crippen LogP contribution in [0.1, 0.15) is 5.56 Å². The van der Waals surface area contributed by atoms with Crippen molar-refractivity contribution in [2.24, 2.45) is 0 Å². The fraction of sp³-hybridized carbons (Fsp3) is 0. The second-order valence-corrected chi connectivity index (χ2v) is 8.09. The van der Waals surface area contributed by atoms with Gasteiger partial charge in [0.2, 0.25) is 0 Å². The fourth-order valence-corrected chi connectivity index (χ4v) is 3.97. The maximum atomic E-state index is 12.7. The molecule has 1 aliphatic rings. The number of amides is 1. The molecule has 1 aliphatic heterocycles. The predicted molar refractivity (Wildman–Crippen MR) is 109 cm³/mol. The monoisotopic (exact) mass is 433 g/mol. The molecule has 1 saturated heterocycles. The molecule has 0 unspecified atom stereocenters. The lowest BCUT2D eigenvalue weighted by atomic mass is 10.2. The second kappa shape index (κ2) is 7.24. The quantitative estimate of drug-likeness (QED) is 0.387. The summed E-state index contributed by atoms with van der Waals surface area (Å²) in [6, 6.07) is 10.1. The van der Waals surface area contributed by atoms with E-state index >= 15 is 0 Å². The van der Waals surface area contributed by atoms with E-state index in [4.69, 9.17) is 58.6 Å². The van der Waals surface area contributed by atoms with Gasteiger partial charge in [0.1, 0.15) is 0 Å². The van der Waals surface area contributed by atoms with Crippen molar-refractivity contribution in [3.63, 3.8) is 0 Å². The van der Waals surface area contributed by atoms with Gasteiger partial charge < -0.3 is 0 Å². The molecule has 2 aromatic carbocycles. The van der Waals surface area contributed by atoms with E-state index in [0.29, 0.717) is 35.0 Å². The van der Waals surface area contributed by atoms with E-state index in [9.17, 15) is 4.79 Å². The molecule has 1 amide bonds. The lowest BCUT2D eigenvalue weighted by Crippen LogP contribution is -2.27. The van der Waals surface area contributed by atoms with Crippen LogP contribution in [0.15, 0.2) is 41.3 Å². The van der Waals surface area contributed by atoms with Crippen molar-refractivity contribution in [3.05, 3.63) is 67.0 Å². The van der Waals surface area contributed by atoms with E-state index in [1.54, 1.807) is 42.5 Å². The first-order chi connectivity index (χ1) is 11.4. The molecule has 0 radical (unpaired) electrons. The van der Waals surface area contributed by atoms with Crippen molar-refractivity contribution in [1.82, 2.24) is 0 Å². The molecule has 2 nitrogen and oxygen atoms in total. The van der Waals surface area contributed by atoms with Crippen molar-refractivity contribution in [2.45, 2.75) is 0 Å². The van der Waals surface area contributed by atoms with Gasteiger partial charge in [-0.1, -0.05) is 76.4 Å². The van der Waals surface area contributed by atoms with Crippen LogP contribution in [0.3, 0.4) is 0 Å². The van der Waals surface area contributed by atoms with Gasteiger partial charge >= 0.3 is 0 Å². The third kappa shape index (κ3) is 3.59. The molecule has 1 heterocycles. The molecule has 24 heavy (non-hydrogen) atoms. The van der Waals surface area contributed by atoms with E-state index in [1.165, 1.54) is 16.7 Å². The van der Waals surface area contributed by atoms with Crippen LogP contribution >= 0.6 is 70.4 Å². The first-order valence-electron chi connectivity index (χ1n) is 6.55. The number of anilines is 1. The van der Waals surface area contributed by atoms with Crippen LogP contribution in [-0.4, -0.2) is 10.2 Å². The Bertz CT molecular complexity index is 898. The van der Waals surface area contributed by atoms with Gasteiger partial charge in [-0.15, -0.1) is 0 Å². The average molecular weight is 435 g/mol. The summed E-state index contributed by atoms with van der Waals surface area (Å²) in [6.07, 6.45) is 1.72. The van der Waals surface area contributed by atoms with Gasteiger partial charge in [-0.3, -0.25) is 9.69 Å². The zero-order valence-electron chi connectivity index (χ0n) is 11.7. The summed E-state index contributed by atoms with van der Waals surface area (Å²) in [6.45, 7) is 0. The number of halogens is 4. The lowest BCUT2D eigenvalue weighted by Gasteiger charge is -2.15. The zero-order chi connectivity index (χ0) is 17.4. The highest BCUT2D eigenvalue weighted by molar-refractivity contribution is 8.27. The minimum Gasteiger partial charge on any atom is -0.268 e. The normalized spacial score (nSPS) is 16.3. The van der Waals surface area contributed by atoms with Crippen molar-refractivity contribution in [3.8, 4) is 0 Å². The summed E-state index contributed by atoms with van der Waals surface area (Å²) in [4.78, 5) is 14.6. The molecule has 0 bridgehead atoms. The first-order valence-corrected chi connectivity index (χ1v) is 9.28. The largest absolute Gasteiger partial charge is 0.270 e. The molecule has 0 aliphatic carbocycles. The molecule has 122 valence electrons. The Morgan fingerprint density at radius 2 is 1.54 bits per heavy atom. The van der Waals surface area contributed by atoms with Crippen LogP contribution < -0.4 is 4.90 Å². The van der Waals surface area contributed by atoms with Crippen LogP contribution in [0, 0.1) is 0 Å². The summed E-state index contributed by atoms with van der Waals surface area (Å²) in [5.41, 5.74) is 1.34. The zero-order valence-corrected chi connectivity index (χ0v) is 16.4.